The van der Waals surface area contributed by atoms with Crippen molar-refractivity contribution in [1.29, 1.82) is 0 Å². The van der Waals surface area contributed by atoms with Gasteiger partial charge in [-0.2, -0.15) is 0 Å². The molecule has 4 amide bonds. The van der Waals surface area contributed by atoms with E-state index in [1.807, 2.05) is 0 Å². The third kappa shape index (κ3) is 3.50. The molecule has 0 aliphatic carbocycles. The fourth-order valence-corrected chi connectivity index (χ4v) is 3.73. The Kier molecular flexibility index (Phi) is 4.51. The van der Waals surface area contributed by atoms with Gasteiger partial charge in [-0.1, -0.05) is 12.1 Å². The highest BCUT2D eigenvalue weighted by molar-refractivity contribution is 6.10. The summed E-state index contributed by atoms with van der Waals surface area (Å²) in [6.07, 6.45) is 1.41. The number of benzene rings is 2. The molecule has 13 nitrogen and oxygen atoms in total. The van der Waals surface area contributed by atoms with Gasteiger partial charge in [-0.15, -0.1) is 5.10 Å². The zero-order chi connectivity index (χ0) is 23.2. The number of urea groups is 1. The number of hydrogen-bond acceptors (Lipinski definition) is 7. The molecule has 1 saturated heterocycles. The molecule has 0 radical (unpaired) electrons. The van der Waals surface area contributed by atoms with Gasteiger partial charge in [0.2, 0.25) is 5.91 Å². The van der Waals surface area contributed by atoms with Crippen LogP contribution in [0, 0.1) is 0 Å². The zero-order valence-electron chi connectivity index (χ0n) is 17.2. The van der Waals surface area contributed by atoms with E-state index in [2.05, 4.69) is 36.1 Å². The Labute approximate surface area is 184 Å². The second kappa shape index (κ2) is 7.40. The molecule has 33 heavy (non-hydrogen) atoms. The summed E-state index contributed by atoms with van der Waals surface area (Å²) in [5, 5.41) is 16.3. The summed E-state index contributed by atoms with van der Waals surface area (Å²) >= 11 is 0. The van der Waals surface area contributed by atoms with E-state index in [0.29, 0.717) is 28.0 Å². The Hall–Kier alpha value is -4.81. The van der Waals surface area contributed by atoms with Gasteiger partial charge in [-0.05, 0) is 53.2 Å². The number of aromatic amines is 2. The molecule has 1 atom stereocenters. The molecule has 2 aromatic heterocycles. The third-order valence-electron chi connectivity index (χ3n) is 5.41. The van der Waals surface area contributed by atoms with Gasteiger partial charge in [0.25, 0.3) is 5.91 Å². The monoisotopic (exact) mass is 447 g/mol. The van der Waals surface area contributed by atoms with Crippen LogP contribution in [0.5, 0.6) is 0 Å². The van der Waals surface area contributed by atoms with Crippen LogP contribution in [0.15, 0.2) is 53.6 Å². The molecule has 4 N–H and O–H groups in total. The first-order chi connectivity index (χ1) is 15.8. The molecule has 1 fully saturated rings. The molecular formula is C20H17N9O4. The SMILES string of the molecule is C[C@@]1(c2cccc(-n3cnnn3)c2)NC(=O)N(CC(=O)Nc2ccc3[nH]c(=O)[nH]c3c2)C1=O. The Bertz CT molecular complexity index is 1460. The number of H-pyrrole nitrogens is 2. The Morgan fingerprint density at radius 2 is 1.91 bits per heavy atom. The van der Waals surface area contributed by atoms with E-state index in [-0.39, 0.29) is 5.69 Å². The summed E-state index contributed by atoms with van der Waals surface area (Å²) in [6.45, 7) is 1.09. The average Bonchev–Trinajstić information content (AvgIpc) is 3.49. The van der Waals surface area contributed by atoms with E-state index in [1.54, 1.807) is 49.4 Å². The lowest BCUT2D eigenvalue weighted by molar-refractivity contribution is -0.133. The van der Waals surface area contributed by atoms with Crippen LogP contribution in [-0.4, -0.2) is 59.5 Å². The number of carbonyl (C=O) groups excluding carboxylic acids is 3. The van der Waals surface area contributed by atoms with Gasteiger partial charge in [-0.25, -0.2) is 14.3 Å². The van der Waals surface area contributed by atoms with Gasteiger partial charge < -0.3 is 20.6 Å². The Morgan fingerprint density at radius 3 is 2.70 bits per heavy atom. The molecule has 1 aliphatic heterocycles. The number of tetrazole rings is 1. The number of fused-ring (bicyclic) bond motifs is 1. The van der Waals surface area contributed by atoms with Gasteiger partial charge in [-0.3, -0.25) is 14.5 Å². The number of nitrogens with zero attached hydrogens (tertiary/aromatic N) is 5. The van der Waals surface area contributed by atoms with Gasteiger partial charge in [0, 0.05) is 5.69 Å². The van der Waals surface area contributed by atoms with Crippen molar-refractivity contribution in [3.8, 4) is 5.69 Å². The number of hydrogen-bond donors (Lipinski definition) is 4. The first-order valence-electron chi connectivity index (χ1n) is 9.83. The van der Waals surface area contributed by atoms with Crippen LogP contribution >= 0.6 is 0 Å². The van der Waals surface area contributed by atoms with Crippen LogP contribution in [0.3, 0.4) is 0 Å². The molecule has 4 aromatic rings. The molecule has 166 valence electrons. The number of rotatable bonds is 5. The van der Waals surface area contributed by atoms with E-state index in [1.165, 1.54) is 11.0 Å². The normalized spacial score (nSPS) is 18.0. The number of imide groups is 1. The second-order valence-electron chi connectivity index (χ2n) is 7.64. The minimum atomic E-state index is -1.37. The lowest BCUT2D eigenvalue weighted by atomic mass is 9.91. The summed E-state index contributed by atoms with van der Waals surface area (Å²) in [4.78, 5) is 55.8. The lowest BCUT2D eigenvalue weighted by Crippen LogP contribution is -2.42. The molecule has 0 bridgehead atoms. The number of aromatic nitrogens is 6. The van der Waals surface area contributed by atoms with Crippen molar-refractivity contribution in [2.24, 2.45) is 0 Å². The maximum atomic E-state index is 13.2. The summed E-state index contributed by atoms with van der Waals surface area (Å²) in [5.74, 6) is -1.13. The fraction of sp³-hybridized carbons (Fsp3) is 0.150. The molecule has 0 spiro atoms. The van der Waals surface area contributed by atoms with E-state index in [0.717, 1.165) is 4.90 Å². The van der Waals surface area contributed by atoms with Crippen molar-refractivity contribution >= 4 is 34.6 Å². The summed E-state index contributed by atoms with van der Waals surface area (Å²) < 4.78 is 1.42. The molecule has 2 aromatic carbocycles. The number of nitrogens with one attached hydrogen (secondary N) is 4. The Balaban J connectivity index is 1.34. The molecular weight excluding hydrogens is 430 g/mol. The highest BCUT2D eigenvalue weighted by Gasteiger charge is 2.49. The van der Waals surface area contributed by atoms with Crippen LogP contribution < -0.4 is 16.3 Å². The lowest BCUT2D eigenvalue weighted by Gasteiger charge is -2.22. The largest absolute Gasteiger partial charge is 0.325 e. The predicted molar refractivity (Wildman–Crippen MR) is 114 cm³/mol. The van der Waals surface area contributed by atoms with E-state index in [9.17, 15) is 19.2 Å². The zero-order valence-corrected chi connectivity index (χ0v) is 17.2. The van der Waals surface area contributed by atoms with Crippen molar-refractivity contribution in [3.05, 3.63) is 64.8 Å². The van der Waals surface area contributed by atoms with Gasteiger partial charge >= 0.3 is 11.7 Å². The number of amides is 4. The number of imidazole rings is 1. The van der Waals surface area contributed by atoms with Crippen LogP contribution in [0.1, 0.15) is 12.5 Å². The standard InChI is InChI=1S/C20H17N9O4/c1-20(11-3-2-4-13(7-11)29-10-21-26-27-29)17(31)28(19(33)25-20)9-16(30)22-12-5-6-14-15(8-12)24-18(32)23-14/h2-8,10H,9H2,1H3,(H,22,30)(H,25,33)(H2,23,24,32)/t20-/m0/s1. The molecule has 0 unspecified atom stereocenters. The topological polar surface area (TPSA) is 171 Å². The van der Waals surface area contributed by atoms with E-state index >= 15 is 0 Å². The predicted octanol–water partition coefficient (Wildman–Crippen LogP) is 0.238. The van der Waals surface area contributed by atoms with Crippen LogP contribution in [-0.2, 0) is 15.1 Å². The number of anilines is 1. The molecule has 0 saturated carbocycles. The van der Waals surface area contributed by atoms with Crippen molar-refractivity contribution in [1.82, 2.24) is 40.4 Å². The quantitative estimate of drug-likeness (QED) is 0.317. The smallest absolute Gasteiger partial charge is 0.324 e. The molecule has 1 aliphatic rings. The van der Waals surface area contributed by atoms with Gasteiger partial charge in [0.15, 0.2) is 0 Å². The minimum absolute atomic E-state index is 0.365. The molecule has 3 heterocycles. The fourth-order valence-electron chi connectivity index (χ4n) is 3.73. The van der Waals surface area contributed by atoms with Crippen molar-refractivity contribution in [3.63, 3.8) is 0 Å². The van der Waals surface area contributed by atoms with E-state index in [4.69, 9.17) is 0 Å². The van der Waals surface area contributed by atoms with Crippen molar-refractivity contribution in [2.75, 3.05) is 11.9 Å². The van der Waals surface area contributed by atoms with Crippen molar-refractivity contribution < 1.29 is 14.4 Å². The highest BCUT2D eigenvalue weighted by Crippen LogP contribution is 2.30. The number of carbonyl (C=O) groups is 3. The summed E-state index contributed by atoms with van der Waals surface area (Å²) in [5.41, 5.74) is 0.900. The molecule has 13 heteroatoms. The minimum Gasteiger partial charge on any atom is -0.324 e. The van der Waals surface area contributed by atoms with E-state index < -0.39 is 29.9 Å². The van der Waals surface area contributed by atoms with Crippen LogP contribution in [0.2, 0.25) is 0 Å². The van der Waals surface area contributed by atoms with Gasteiger partial charge in [0.1, 0.15) is 18.4 Å². The first-order valence-corrected chi connectivity index (χ1v) is 9.83. The van der Waals surface area contributed by atoms with Crippen LogP contribution in [0.25, 0.3) is 16.7 Å². The third-order valence-corrected chi connectivity index (χ3v) is 5.41. The summed E-state index contributed by atoms with van der Waals surface area (Å²) in [7, 11) is 0. The maximum absolute atomic E-state index is 13.2. The van der Waals surface area contributed by atoms with Crippen LogP contribution in [0.4, 0.5) is 10.5 Å². The molecule has 5 rings (SSSR count). The second-order valence-corrected chi connectivity index (χ2v) is 7.64. The summed E-state index contributed by atoms with van der Waals surface area (Å²) in [6, 6.07) is 11.0. The highest BCUT2D eigenvalue weighted by atomic mass is 16.2. The average molecular weight is 447 g/mol. The Morgan fingerprint density at radius 1 is 1.09 bits per heavy atom. The van der Waals surface area contributed by atoms with Gasteiger partial charge in [0.05, 0.1) is 16.7 Å². The first kappa shape index (κ1) is 20.1. The maximum Gasteiger partial charge on any atom is 0.325 e. The van der Waals surface area contributed by atoms with Crippen molar-refractivity contribution in [2.45, 2.75) is 12.5 Å².